The maximum atomic E-state index is 12.4. The fourth-order valence-electron chi connectivity index (χ4n) is 3.15. The maximum Gasteiger partial charge on any atom is 1.00 e. The van der Waals surface area contributed by atoms with Crippen LogP contribution in [0, 0.1) is 3.57 Å². The van der Waals surface area contributed by atoms with Gasteiger partial charge in [-0.15, -0.1) is 0 Å². The third-order valence-electron chi connectivity index (χ3n) is 4.08. The first-order valence-corrected chi connectivity index (χ1v) is 10.5. The van der Waals surface area contributed by atoms with Crippen molar-refractivity contribution in [2.75, 3.05) is 13.7 Å². The van der Waals surface area contributed by atoms with Crippen LogP contribution in [0.25, 0.3) is 0 Å². The molecule has 0 saturated carbocycles. The average Bonchev–Trinajstić information content (AvgIpc) is 3.00. The molecule has 13 heteroatoms. The van der Waals surface area contributed by atoms with Gasteiger partial charge in [0.15, 0.2) is 11.9 Å². The standard InChI is InChI=1S/C16H19IO10S.K/c1-15(2)25-13-12(26-28(19,20)21)11(24-16(13,27-15)14(18)22-3)8-23-10-6-4-5-9(17)7-10;/h4-7,11-13H,8H2,1-3H3,(H,19,20,21);/q;+1/p-1/t11-,12+,13-,16+;/m0./s1. The van der Waals surface area contributed by atoms with E-state index in [4.69, 9.17) is 23.7 Å². The molecule has 3 rings (SSSR count). The predicted molar refractivity (Wildman–Crippen MR) is 98.9 cm³/mol. The zero-order valence-corrected chi connectivity index (χ0v) is 22.2. The van der Waals surface area contributed by atoms with Crippen molar-refractivity contribution in [2.45, 2.75) is 43.7 Å². The number of carbonyl (C=O) groups excluding carboxylic acids is 1. The van der Waals surface area contributed by atoms with Crippen molar-refractivity contribution >= 4 is 39.0 Å². The number of esters is 1. The van der Waals surface area contributed by atoms with Gasteiger partial charge in [-0.2, -0.15) is 0 Å². The number of fused-ring (bicyclic) bond motifs is 1. The summed E-state index contributed by atoms with van der Waals surface area (Å²) >= 11 is 2.10. The molecule has 0 unspecified atom stereocenters. The molecular weight excluding hydrogens is 550 g/mol. The summed E-state index contributed by atoms with van der Waals surface area (Å²) in [6.45, 7) is 2.77. The van der Waals surface area contributed by atoms with E-state index in [1.807, 2.05) is 6.07 Å². The van der Waals surface area contributed by atoms with Gasteiger partial charge in [0.05, 0.1) is 7.11 Å². The molecule has 1 aromatic rings. The Balaban J connectivity index is 0.00000300. The van der Waals surface area contributed by atoms with Crippen LogP contribution in [0.3, 0.4) is 0 Å². The first-order valence-electron chi connectivity index (χ1n) is 8.12. The zero-order valence-electron chi connectivity index (χ0n) is 16.1. The van der Waals surface area contributed by atoms with E-state index in [1.165, 1.54) is 13.8 Å². The molecule has 2 saturated heterocycles. The molecule has 29 heavy (non-hydrogen) atoms. The summed E-state index contributed by atoms with van der Waals surface area (Å²) in [5, 5.41) is 0. The Morgan fingerprint density at radius 2 is 2.00 bits per heavy atom. The van der Waals surface area contributed by atoms with E-state index in [0.717, 1.165) is 10.7 Å². The van der Waals surface area contributed by atoms with E-state index in [0.29, 0.717) is 5.75 Å². The molecule has 0 N–H and O–H groups in total. The summed E-state index contributed by atoms with van der Waals surface area (Å²) in [6, 6.07) is 7.05. The van der Waals surface area contributed by atoms with Gasteiger partial charge in [-0.25, -0.2) is 13.2 Å². The number of hydrogen-bond acceptors (Lipinski definition) is 10. The minimum atomic E-state index is -5.14. The summed E-state index contributed by atoms with van der Waals surface area (Å²) < 4.78 is 66.6. The summed E-state index contributed by atoms with van der Waals surface area (Å²) in [5.41, 5.74) is 0. The molecule has 0 bridgehead atoms. The van der Waals surface area contributed by atoms with Gasteiger partial charge in [0.25, 0.3) is 0 Å². The van der Waals surface area contributed by atoms with Gasteiger partial charge < -0.3 is 28.2 Å². The summed E-state index contributed by atoms with van der Waals surface area (Å²) in [6.07, 6.45) is -4.00. The molecule has 4 atom stereocenters. The normalized spacial score (nSPS) is 30.3. The van der Waals surface area contributed by atoms with Crippen molar-refractivity contribution in [2.24, 2.45) is 0 Å². The molecule has 2 aliphatic rings. The van der Waals surface area contributed by atoms with Crippen LogP contribution in [-0.4, -0.2) is 62.5 Å². The van der Waals surface area contributed by atoms with E-state index in [1.54, 1.807) is 18.2 Å². The molecule has 0 radical (unpaired) electrons. The molecule has 1 aromatic carbocycles. The second kappa shape index (κ2) is 9.62. The van der Waals surface area contributed by atoms with Crippen molar-refractivity contribution in [3.63, 3.8) is 0 Å². The van der Waals surface area contributed by atoms with Crippen molar-refractivity contribution < 1.29 is 97.0 Å². The van der Waals surface area contributed by atoms with Crippen LogP contribution in [0.2, 0.25) is 0 Å². The van der Waals surface area contributed by atoms with Crippen LogP contribution in [0.5, 0.6) is 5.75 Å². The number of methoxy groups -OCH3 is 1. The molecule has 2 aliphatic heterocycles. The van der Waals surface area contributed by atoms with Crippen molar-refractivity contribution in [1.29, 1.82) is 0 Å². The van der Waals surface area contributed by atoms with Crippen LogP contribution in [-0.2, 0) is 38.3 Å². The monoisotopic (exact) mass is 568 g/mol. The van der Waals surface area contributed by atoms with Crippen LogP contribution in [0.1, 0.15) is 13.8 Å². The van der Waals surface area contributed by atoms with Gasteiger partial charge in [0, 0.05) is 3.57 Å². The first kappa shape index (κ1) is 25.9. The van der Waals surface area contributed by atoms with E-state index in [2.05, 4.69) is 26.8 Å². The number of carbonyl (C=O) groups is 1. The van der Waals surface area contributed by atoms with Gasteiger partial charge in [0.1, 0.15) is 24.6 Å². The SMILES string of the molecule is COC(=O)[C@@]12O[C@@H](COc3cccc(I)c3)[C@@H](OS(=O)(=O)[O-])[C@@H]1OC(C)(C)O2.[K+]. The van der Waals surface area contributed by atoms with E-state index in [9.17, 15) is 17.8 Å². The van der Waals surface area contributed by atoms with Gasteiger partial charge in [-0.3, -0.25) is 4.18 Å². The quantitative estimate of drug-likeness (QED) is 0.124. The molecule has 156 valence electrons. The molecule has 2 fully saturated rings. The number of hydrogen-bond donors (Lipinski definition) is 0. The fraction of sp³-hybridized carbons (Fsp3) is 0.562. The molecule has 0 amide bonds. The molecule has 0 aromatic heterocycles. The molecular formula is C16H18IKO10S. The van der Waals surface area contributed by atoms with Crippen LogP contribution < -0.4 is 56.1 Å². The molecule has 2 heterocycles. The van der Waals surface area contributed by atoms with Crippen LogP contribution in [0.15, 0.2) is 24.3 Å². The van der Waals surface area contributed by atoms with E-state index in [-0.39, 0.29) is 58.0 Å². The Bertz CT molecular complexity index is 863. The minimum absolute atomic E-state index is 0. The fourth-order valence-corrected chi connectivity index (χ4v) is 4.16. The van der Waals surface area contributed by atoms with Gasteiger partial charge in [-0.05, 0) is 54.6 Å². The Morgan fingerprint density at radius 1 is 1.31 bits per heavy atom. The molecule has 10 nitrogen and oxygen atoms in total. The maximum absolute atomic E-state index is 12.4. The number of ether oxygens (including phenoxy) is 5. The second-order valence-electron chi connectivity index (χ2n) is 6.59. The van der Waals surface area contributed by atoms with Gasteiger partial charge >= 0.3 is 63.1 Å². The minimum Gasteiger partial charge on any atom is -0.726 e. The smallest absolute Gasteiger partial charge is 0.726 e. The third-order valence-corrected chi connectivity index (χ3v) is 5.21. The largest absolute Gasteiger partial charge is 1.00 e. The average molecular weight is 568 g/mol. The Morgan fingerprint density at radius 3 is 2.59 bits per heavy atom. The van der Waals surface area contributed by atoms with Crippen molar-refractivity contribution in [3.05, 3.63) is 27.8 Å². The van der Waals surface area contributed by atoms with Gasteiger partial charge in [-0.1, -0.05) is 6.07 Å². The van der Waals surface area contributed by atoms with Crippen LogP contribution in [0.4, 0.5) is 0 Å². The summed E-state index contributed by atoms with van der Waals surface area (Å²) in [7, 11) is -4.03. The van der Waals surface area contributed by atoms with Gasteiger partial charge in [0.2, 0.25) is 10.4 Å². The Hall–Kier alpha value is 0.606. The number of halogens is 1. The Kier molecular flexibility index (Phi) is 8.58. The molecule has 0 spiro atoms. The Labute approximate surface area is 224 Å². The predicted octanol–water partition coefficient (Wildman–Crippen LogP) is -2.06. The number of benzene rings is 1. The van der Waals surface area contributed by atoms with E-state index < -0.39 is 46.3 Å². The van der Waals surface area contributed by atoms with Crippen molar-refractivity contribution in [3.8, 4) is 5.75 Å². The van der Waals surface area contributed by atoms with Crippen LogP contribution >= 0.6 is 22.6 Å². The zero-order chi connectivity index (χ0) is 20.7. The second-order valence-corrected chi connectivity index (χ2v) is 8.85. The summed E-state index contributed by atoms with van der Waals surface area (Å²) in [4.78, 5) is 12.4. The molecule has 0 aliphatic carbocycles. The first-order chi connectivity index (χ1) is 13.0. The third kappa shape index (κ3) is 5.90. The summed E-state index contributed by atoms with van der Waals surface area (Å²) in [5.74, 6) is -3.87. The van der Waals surface area contributed by atoms with Crippen molar-refractivity contribution in [1.82, 2.24) is 0 Å². The van der Waals surface area contributed by atoms with E-state index >= 15 is 0 Å². The number of rotatable bonds is 6. The topological polar surface area (TPSA) is 130 Å².